The molecule has 1 heterocycles. The van der Waals surface area contributed by atoms with Crippen LogP contribution in [0.5, 0.6) is 0 Å². The van der Waals surface area contributed by atoms with Gasteiger partial charge in [-0.15, -0.1) is 0 Å². The van der Waals surface area contributed by atoms with E-state index in [1.54, 1.807) is 0 Å². The van der Waals surface area contributed by atoms with E-state index in [1.165, 1.54) is 11.3 Å². The molecule has 1 aromatic rings. The van der Waals surface area contributed by atoms with Crippen LogP contribution in [0.25, 0.3) is 0 Å². The highest BCUT2D eigenvalue weighted by Crippen LogP contribution is 2.23. The Balaban J connectivity index is 2.94. The summed E-state index contributed by atoms with van der Waals surface area (Å²) < 4.78 is 1.92. The Bertz CT molecular complexity index is 346. The van der Waals surface area contributed by atoms with E-state index in [0.717, 1.165) is 12.1 Å². The minimum absolute atomic E-state index is 0.115. The van der Waals surface area contributed by atoms with E-state index in [4.69, 9.17) is 5.11 Å². The molecule has 4 nitrogen and oxygen atoms in total. The van der Waals surface area contributed by atoms with Crippen molar-refractivity contribution in [2.24, 2.45) is 7.05 Å². The molecule has 92 valence electrons. The number of nitrogens with zero attached hydrogens (tertiary/aromatic N) is 2. The summed E-state index contributed by atoms with van der Waals surface area (Å²) in [5, 5.41) is 16.9. The third-order valence-electron chi connectivity index (χ3n) is 3.08. The molecule has 0 fully saturated rings. The summed E-state index contributed by atoms with van der Waals surface area (Å²) in [5.74, 6) is 0. The molecule has 16 heavy (non-hydrogen) atoms. The minimum atomic E-state index is 0.115. The molecular formula is C12H23N3O. The molecule has 2 atom stereocenters. The van der Waals surface area contributed by atoms with Gasteiger partial charge in [0.2, 0.25) is 0 Å². The second-order valence-corrected chi connectivity index (χ2v) is 4.42. The lowest BCUT2D eigenvalue weighted by Gasteiger charge is -2.21. The van der Waals surface area contributed by atoms with Gasteiger partial charge in [0.1, 0.15) is 0 Å². The molecule has 0 aliphatic rings. The van der Waals surface area contributed by atoms with Crippen molar-refractivity contribution in [1.29, 1.82) is 0 Å². The van der Waals surface area contributed by atoms with Crippen molar-refractivity contribution in [1.82, 2.24) is 15.1 Å². The van der Waals surface area contributed by atoms with Crippen molar-refractivity contribution in [2.45, 2.75) is 46.2 Å². The monoisotopic (exact) mass is 225 g/mol. The van der Waals surface area contributed by atoms with Crippen LogP contribution < -0.4 is 5.32 Å². The van der Waals surface area contributed by atoms with Crippen LogP contribution in [0.2, 0.25) is 0 Å². The van der Waals surface area contributed by atoms with Crippen molar-refractivity contribution >= 4 is 0 Å². The van der Waals surface area contributed by atoms with E-state index in [2.05, 4.69) is 24.3 Å². The Morgan fingerprint density at radius 3 is 2.44 bits per heavy atom. The summed E-state index contributed by atoms with van der Waals surface area (Å²) in [4.78, 5) is 0. The van der Waals surface area contributed by atoms with E-state index in [9.17, 15) is 0 Å². The maximum atomic E-state index is 9.09. The third-order valence-corrected chi connectivity index (χ3v) is 3.08. The largest absolute Gasteiger partial charge is 0.395 e. The first kappa shape index (κ1) is 13.2. The summed E-state index contributed by atoms with van der Waals surface area (Å²) in [7, 11) is 1.97. The Morgan fingerprint density at radius 2 is 2.06 bits per heavy atom. The van der Waals surface area contributed by atoms with Crippen LogP contribution in [0.1, 0.15) is 43.3 Å². The quantitative estimate of drug-likeness (QED) is 0.797. The normalized spacial score (nSPS) is 15.1. The van der Waals surface area contributed by atoms with Gasteiger partial charge in [-0.25, -0.2) is 0 Å². The van der Waals surface area contributed by atoms with Gasteiger partial charge >= 0.3 is 0 Å². The number of aryl methyl sites for hydroxylation is 2. The zero-order valence-electron chi connectivity index (χ0n) is 10.9. The number of hydrogen-bond donors (Lipinski definition) is 2. The molecule has 0 saturated heterocycles. The number of rotatable bonds is 5. The molecule has 0 aliphatic heterocycles. The zero-order valence-corrected chi connectivity index (χ0v) is 10.9. The fourth-order valence-corrected chi connectivity index (χ4v) is 2.10. The van der Waals surface area contributed by atoms with E-state index in [-0.39, 0.29) is 18.7 Å². The predicted octanol–water partition coefficient (Wildman–Crippen LogP) is 1.46. The lowest BCUT2D eigenvalue weighted by Crippen LogP contribution is -2.33. The molecule has 1 aromatic heterocycles. The third kappa shape index (κ3) is 2.62. The SMILES string of the molecule is CCC(N[C@@H](C)CO)c1c(C)nn(C)c1C. The average Bonchev–Trinajstić information content (AvgIpc) is 2.50. The molecule has 0 saturated carbocycles. The van der Waals surface area contributed by atoms with Gasteiger partial charge in [0.05, 0.1) is 12.3 Å². The molecule has 0 amide bonds. The van der Waals surface area contributed by atoms with Crippen LogP contribution in [0.15, 0.2) is 0 Å². The molecule has 1 unspecified atom stereocenters. The van der Waals surface area contributed by atoms with Crippen molar-refractivity contribution in [3.05, 3.63) is 17.0 Å². The molecule has 0 bridgehead atoms. The summed E-state index contributed by atoms with van der Waals surface area (Å²) in [5.41, 5.74) is 3.54. The maximum absolute atomic E-state index is 9.09. The second kappa shape index (κ2) is 5.46. The Hall–Kier alpha value is -0.870. The number of aromatic nitrogens is 2. The van der Waals surface area contributed by atoms with Gasteiger partial charge in [-0.1, -0.05) is 6.92 Å². The molecule has 1 rings (SSSR count). The van der Waals surface area contributed by atoms with Crippen molar-refractivity contribution in [3.63, 3.8) is 0 Å². The van der Waals surface area contributed by atoms with Gasteiger partial charge in [-0.05, 0) is 27.2 Å². The fraction of sp³-hybridized carbons (Fsp3) is 0.750. The predicted molar refractivity (Wildman–Crippen MR) is 65.4 cm³/mol. The highest BCUT2D eigenvalue weighted by Gasteiger charge is 2.19. The first-order chi connectivity index (χ1) is 7.51. The average molecular weight is 225 g/mol. The van der Waals surface area contributed by atoms with E-state index in [1.807, 2.05) is 25.6 Å². The van der Waals surface area contributed by atoms with Crippen molar-refractivity contribution < 1.29 is 5.11 Å². The van der Waals surface area contributed by atoms with Gasteiger partial charge in [0.25, 0.3) is 0 Å². The molecule has 0 aliphatic carbocycles. The lowest BCUT2D eigenvalue weighted by atomic mass is 10.0. The Morgan fingerprint density at radius 1 is 1.44 bits per heavy atom. The summed E-state index contributed by atoms with van der Waals surface area (Å²) in [6, 6.07) is 0.389. The lowest BCUT2D eigenvalue weighted by molar-refractivity contribution is 0.239. The summed E-state index contributed by atoms with van der Waals surface area (Å²) >= 11 is 0. The Labute approximate surface area is 97.7 Å². The van der Waals surface area contributed by atoms with Crippen molar-refractivity contribution in [3.8, 4) is 0 Å². The van der Waals surface area contributed by atoms with Gasteiger partial charge in [-0.2, -0.15) is 5.10 Å². The zero-order chi connectivity index (χ0) is 12.3. The first-order valence-corrected chi connectivity index (χ1v) is 5.88. The topological polar surface area (TPSA) is 50.1 Å². The van der Waals surface area contributed by atoms with Crippen LogP contribution in [0.3, 0.4) is 0 Å². The number of aliphatic hydroxyl groups is 1. The highest BCUT2D eigenvalue weighted by molar-refractivity contribution is 5.28. The standard InChI is InChI=1S/C12H23N3O/c1-6-11(13-8(2)7-16)12-9(3)14-15(5)10(12)4/h8,11,13,16H,6-7H2,1-5H3/t8-,11?/m0/s1. The van der Waals surface area contributed by atoms with E-state index >= 15 is 0 Å². The van der Waals surface area contributed by atoms with Gasteiger partial charge in [0, 0.05) is 30.4 Å². The summed E-state index contributed by atoms with van der Waals surface area (Å²) in [6.07, 6.45) is 0.998. The summed E-state index contributed by atoms with van der Waals surface area (Å²) in [6.45, 7) is 8.42. The fourth-order valence-electron chi connectivity index (χ4n) is 2.10. The number of hydrogen-bond acceptors (Lipinski definition) is 3. The van der Waals surface area contributed by atoms with E-state index in [0.29, 0.717) is 0 Å². The molecule has 2 N–H and O–H groups in total. The first-order valence-electron chi connectivity index (χ1n) is 5.88. The van der Waals surface area contributed by atoms with Gasteiger partial charge in [-0.3, -0.25) is 4.68 Å². The van der Waals surface area contributed by atoms with Crippen LogP contribution in [-0.2, 0) is 7.05 Å². The van der Waals surface area contributed by atoms with Crippen LogP contribution in [0.4, 0.5) is 0 Å². The van der Waals surface area contributed by atoms with Gasteiger partial charge in [0.15, 0.2) is 0 Å². The van der Waals surface area contributed by atoms with Crippen LogP contribution in [0, 0.1) is 13.8 Å². The maximum Gasteiger partial charge on any atom is 0.0644 e. The molecule has 4 heteroatoms. The molecule has 0 aromatic carbocycles. The number of nitrogens with one attached hydrogen (secondary N) is 1. The van der Waals surface area contributed by atoms with Crippen LogP contribution >= 0.6 is 0 Å². The molecular weight excluding hydrogens is 202 g/mol. The van der Waals surface area contributed by atoms with E-state index < -0.39 is 0 Å². The Kier molecular flexibility index (Phi) is 4.50. The molecule has 0 spiro atoms. The number of aliphatic hydroxyl groups excluding tert-OH is 1. The molecule has 0 radical (unpaired) electrons. The van der Waals surface area contributed by atoms with Gasteiger partial charge < -0.3 is 10.4 Å². The van der Waals surface area contributed by atoms with Crippen molar-refractivity contribution in [2.75, 3.05) is 6.61 Å². The smallest absolute Gasteiger partial charge is 0.0644 e. The second-order valence-electron chi connectivity index (χ2n) is 4.42. The highest BCUT2D eigenvalue weighted by atomic mass is 16.3. The minimum Gasteiger partial charge on any atom is -0.395 e. The van der Waals surface area contributed by atoms with Crippen LogP contribution in [-0.4, -0.2) is 27.5 Å².